The highest BCUT2D eigenvalue weighted by atomic mass is 16.5. The molecule has 1 aromatic carbocycles. The van der Waals surface area contributed by atoms with Gasteiger partial charge in [-0.2, -0.15) is 0 Å². The van der Waals surface area contributed by atoms with Gasteiger partial charge >= 0.3 is 0 Å². The summed E-state index contributed by atoms with van der Waals surface area (Å²) in [5.41, 5.74) is 1.50. The molecule has 2 aliphatic heterocycles. The molecule has 0 atom stereocenters. The van der Waals surface area contributed by atoms with E-state index in [9.17, 15) is 0 Å². The van der Waals surface area contributed by atoms with Crippen molar-refractivity contribution in [2.45, 2.75) is 63.3 Å². The van der Waals surface area contributed by atoms with Crippen LogP contribution in [0.4, 0.5) is 0 Å². The summed E-state index contributed by atoms with van der Waals surface area (Å²) in [6, 6.07) is 9.76. The number of nitrogens with zero attached hydrogens (tertiary/aromatic N) is 2. The first-order chi connectivity index (χ1) is 13.9. The summed E-state index contributed by atoms with van der Waals surface area (Å²) in [6.45, 7) is 8.66. The Morgan fingerprint density at radius 2 is 1.57 bits per heavy atom. The zero-order chi connectivity index (χ0) is 19.0. The van der Waals surface area contributed by atoms with Crippen molar-refractivity contribution in [3.05, 3.63) is 29.8 Å². The van der Waals surface area contributed by atoms with Gasteiger partial charge in [-0.05, 0) is 81.6 Å². The van der Waals surface area contributed by atoms with Crippen molar-refractivity contribution in [1.82, 2.24) is 9.80 Å². The summed E-state index contributed by atoms with van der Waals surface area (Å²) < 4.78 is 11.5. The predicted molar refractivity (Wildman–Crippen MR) is 114 cm³/mol. The minimum absolute atomic E-state index is 0.727. The molecule has 1 saturated carbocycles. The maximum absolute atomic E-state index is 5.99. The van der Waals surface area contributed by atoms with Crippen LogP contribution in [0.2, 0.25) is 0 Å². The first-order valence-corrected chi connectivity index (χ1v) is 11.7. The zero-order valence-corrected chi connectivity index (χ0v) is 17.5. The standard InChI is InChI=1S/C24H38N2O2/c1-2-13-25(14-3-1)15-4-18-28-24-11-7-22(8-12-24)21-5-9-23(10-6-21)26-16-19-27-20-17-26/h7-8,11-12,21,23H,1-6,9-10,13-20H2/t21-,23+. The Labute approximate surface area is 171 Å². The highest BCUT2D eigenvalue weighted by Crippen LogP contribution is 2.35. The van der Waals surface area contributed by atoms with Gasteiger partial charge in [0.15, 0.2) is 0 Å². The van der Waals surface area contributed by atoms with E-state index in [1.54, 1.807) is 0 Å². The first kappa shape index (κ1) is 20.2. The fourth-order valence-electron chi connectivity index (χ4n) is 5.21. The van der Waals surface area contributed by atoms with E-state index >= 15 is 0 Å². The largest absolute Gasteiger partial charge is 0.494 e. The average Bonchev–Trinajstić information content (AvgIpc) is 2.79. The lowest BCUT2D eigenvalue weighted by Gasteiger charge is -2.38. The number of piperidine rings is 1. The van der Waals surface area contributed by atoms with Crippen molar-refractivity contribution in [2.24, 2.45) is 0 Å². The molecule has 4 rings (SSSR count). The molecule has 156 valence electrons. The molecular weight excluding hydrogens is 348 g/mol. The summed E-state index contributed by atoms with van der Waals surface area (Å²) in [4.78, 5) is 5.24. The van der Waals surface area contributed by atoms with E-state index in [4.69, 9.17) is 9.47 Å². The topological polar surface area (TPSA) is 24.9 Å². The number of likely N-dealkylation sites (tertiary alicyclic amines) is 1. The third kappa shape index (κ3) is 5.71. The van der Waals surface area contributed by atoms with E-state index in [1.165, 1.54) is 70.1 Å². The van der Waals surface area contributed by atoms with E-state index in [-0.39, 0.29) is 0 Å². The van der Waals surface area contributed by atoms with Gasteiger partial charge in [-0.15, -0.1) is 0 Å². The van der Waals surface area contributed by atoms with Crippen LogP contribution >= 0.6 is 0 Å². The molecule has 0 amide bonds. The van der Waals surface area contributed by atoms with Gasteiger partial charge in [0.25, 0.3) is 0 Å². The lowest BCUT2D eigenvalue weighted by atomic mass is 9.81. The van der Waals surface area contributed by atoms with Gasteiger partial charge in [-0.3, -0.25) is 4.90 Å². The zero-order valence-electron chi connectivity index (χ0n) is 17.5. The first-order valence-electron chi connectivity index (χ1n) is 11.7. The second kappa shape index (κ2) is 10.6. The monoisotopic (exact) mass is 386 g/mol. The Morgan fingerprint density at radius 1 is 0.857 bits per heavy atom. The number of morpholine rings is 1. The lowest BCUT2D eigenvalue weighted by Crippen LogP contribution is -2.44. The van der Waals surface area contributed by atoms with Gasteiger partial charge in [0, 0.05) is 25.7 Å². The fourth-order valence-corrected chi connectivity index (χ4v) is 5.21. The molecule has 0 radical (unpaired) electrons. The molecule has 4 heteroatoms. The molecule has 0 spiro atoms. The van der Waals surface area contributed by atoms with Gasteiger partial charge in [0.2, 0.25) is 0 Å². The van der Waals surface area contributed by atoms with Crippen LogP contribution in [0.25, 0.3) is 0 Å². The summed E-state index contributed by atoms with van der Waals surface area (Å²) in [5, 5.41) is 0. The number of hydrogen-bond donors (Lipinski definition) is 0. The van der Waals surface area contributed by atoms with Crippen LogP contribution in [-0.4, -0.2) is 68.4 Å². The van der Waals surface area contributed by atoms with Crippen molar-refractivity contribution >= 4 is 0 Å². The molecule has 4 nitrogen and oxygen atoms in total. The number of benzene rings is 1. The SMILES string of the molecule is c1cc([C@H]2CC[C@@H](N3CCOCC3)CC2)ccc1OCCCN1CCCCC1. The van der Waals surface area contributed by atoms with Crippen molar-refractivity contribution in [2.75, 3.05) is 52.5 Å². The molecule has 28 heavy (non-hydrogen) atoms. The Balaban J connectivity index is 1.16. The van der Waals surface area contributed by atoms with Crippen LogP contribution in [0.3, 0.4) is 0 Å². The van der Waals surface area contributed by atoms with Crippen LogP contribution in [0, 0.1) is 0 Å². The van der Waals surface area contributed by atoms with Crippen LogP contribution in [-0.2, 0) is 4.74 Å². The predicted octanol–water partition coefficient (Wildman–Crippen LogP) is 4.30. The quantitative estimate of drug-likeness (QED) is 0.652. The van der Waals surface area contributed by atoms with Crippen molar-refractivity contribution in [3.8, 4) is 5.75 Å². The Morgan fingerprint density at radius 3 is 2.29 bits per heavy atom. The number of rotatable bonds is 7. The van der Waals surface area contributed by atoms with Crippen molar-refractivity contribution < 1.29 is 9.47 Å². The van der Waals surface area contributed by atoms with E-state index in [2.05, 4.69) is 34.1 Å². The van der Waals surface area contributed by atoms with Gasteiger partial charge in [-0.25, -0.2) is 0 Å². The van der Waals surface area contributed by atoms with Crippen molar-refractivity contribution in [1.29, 1.82) is 0 Å². The highest BCUT2D eigenvalue weighted by molar-refractivity contribution is 5.29. The van der Waals surface area contributed by atoms with Gasteiger partial charge in [0.1, 0.15) is 5.75 Å². The lowest BCUT2D eigenvalue weighted by molar-refractivity contribution is 0.00729. The Kier molecular flexibility index (Phi) is 7.65. The van der Waals surface area contributed by atoms with E-state index < -0.39 is 0 Å². The summed E-state index contributed by atoms with van der Waals surface area (Å²) in [5.74, 6) is 1.76. The molecule has 1 aliphatic carbocycles. The summed E-state index contributed by atoms with van der Waals surface area (Å²) in [7, 11) is 0. The Hall–Kier alpha value is -1.10. The highest BCUT2D eigenvalue weighted by Gasteiger charge is 2.27. The molecule has 0 aromatic heterocycles. The number of hydrogen-bond acceptors (Lipinski definition) is 4. The maximum atomic E-state index is 5.99. The molecule has 3 aliphatic rings. The van der Waals surface area contributed by atoms with Crippen molar-refractivity contribution in [3.63, 3.8) is 0 Å². The molecule has 0 unspecified atom stereocenters. The molecule has 2 saturated heterocycles. The summed E-state index contributed by atoms with van der Waals surface area (Å²) in [6.07, 6.45) is 10.6. The maximum Gasteiger partial charge on any atom is 0.119 e. The molecule has 0 bridgehead atoms. The Bertz CT molecular complexity index is 556. The van der Waals surface area contributed by atoms with Gasteiger partial charge in [-0.1, -0.05) is 18.6 Å². The normalized spacial score (nSPS) is 27.6. The van der Waals surface area contributed by atoms with Crippen LogP contribution < -0.4 is 4.74 Å². The van der Waals surface area contributed by atoms with Crippen LogP contribution in [0.5, 0.6) is 5.75 Å². The molecule has 1 aromatic rings. The molecule has 3 fully saturated rings. The number of ether oxygens (including phenoxy) is 2. The minimum Gasteiger partial charge on any atom is -0.494 e. The average molecular weight is 387 g/mol. The second-order valence-electron chi connectivity index (χ2n) is 8.83. The third-order valence-electron chi connectivity index (χ3n) is 6.95. The smallest absolute Gasteiger partial charge is 0.119 e. The second-order valence-corrected chi connectivity index (χ2v) is 8.83. The van der Waals surface area contributed by atoms with Gasteiger partial charge < -0.3 is 14.4 Å². The summed E-state index contributed by atoms with van der Waals surface area (Å²) >= 11 is 0. The van der Waals surface area contributed by atoms with Crippen LogP contribution in [0.1, 0.15) is 62.8 Å². The fraction of sp³-hybridized carbons (Fsp3) is 0.750. The minimum atomic E-state index is 0.727. The van der Waals surface area contributed by atoms with E-state index in [0.717, 1.165) is 57.0 Å². The third-order valence-corrected chi connectivity index (χ3v) is 6.95. The van der Waals surface area contributed by atoms with E-state index in [0.29, 0.717) is 0 Å². The van der Waals surface area contributed by atoms with E-state index in [1.807, 2.05) is 0 Å². The molecular formula is C24H38N2O2. The van der Waals surface area contributed by atoms with Crippen LogP contribution in [0.15, 0.2) is 24.3 Å². The molecule has 2 heterocycles. The van der Waals surface area contributed by atoms with Gasteiger partial charge in [0.05, 0.1) is 19.8 Å². The molecule has 0 N–H and O–H groups in total.